The molecule has 0 bridgehead atoms. The van der Waals surface area contributed by atoms with Crippen LogP contribution in [0, 0.1) is 24.4 Å². The van der Waals surface area contributed by atoms with E-state index in [-0.39, 0.29) is 17.7 Å². The number of benzene rings is 2. The van der Waals surface area contributed by atoms with Crippen molar-refractivity contribution in [3.05, 3.63) is 82.8 Å². The number of rotatable bonds is 4. The van der Waals surface area contributed by atoms with Gasteiger partial charge in [-0.15, -0.1) is 0 Å². The molecule has 0 aliphatic heterocycles. The summed E-state index contributed by atoms with van der Waals surface area (Å²) in [6.07, 6.45) is -8.31. The van der Waals surface area contributed by atoms with E-state index in [2.05, 4.69) is 9.72 Å². The Morgan fingerprint density at radius 2 is 1.38 bits per heavy atom. The van der Waals surface area contributed by atoms with Gasteiger partial charge in [-0.1, -0.05) is 26.0 Å². The van der Waals surface area contributed by atoms with Crippen LogP contribution in [0.1, 0.15) is 30.5 Å². The molecule has 0 N–H and O–H groups in total. The molecule has 3 rings (SSSR count). The quantitative estimate of drug-likeness (QED) is 0.371. The molecule has 0 spiro atoms. The lowest BCUT2D eigenvalue weighted by molar-refractivity contribution is -0.187. The normalized spacial score (nSPS) is 11.6. The number of halogens is 8. The van der Waals surface area contributed by atoms with Gasteiger partial charge in [-0.3, -0.25) is 4.98 Å². The zero-order chi connectivity index (χ0) is 24.3. The molecule has 32 heavy (non-hydrogen) atoms. The lowest BCUT2D eigenvalue weighted by Gasteiger charge is -2.20. The first-order valence-corrected chi connectivity index (χ1v) is 9.24. The van der Waals surface area contributed by atoms with Crippen LogP contribution in [0.25, 0.3) is 11.3 Å². The van der Waals surface area contributed by atoms with Crippen LogP contribution in [0.3, 0.4) is 0 Å². The fraction of sp³-hybridized carbons (Fsp3) is 0.227. The molecular weight excluding hydrogens is 446 g/mol. The number of pyridine rings is 1. The van der Waals surface area contributed by atoms with Crippen molar-refractivity contribution in [1.29, 1.82) is 0 Å². The van der Waals surface area contributed by atoms with Crippen molar-refractivity contribution in [2.75, 3.05) is 0 Å². The predicted octanol–water partition coefficient (Wildman–Crippen LogP) is 7.65. The van der Waals surface area contributed by atoms with E-state index in [1.54, 1.807) is 19.1 Å². The van der Waals surface area contributed by atoms with Crippen molar-refractivity contribution in [3.63, 3.8) is 0 Å². The number of aromatic nitrogens is 1. The summed E-state index contributed by atoms with van der Waals surface area (Å²) in [5.74, 6) is -6.94. The van der Waals surface area contributed by atoms with Crippen molar-refractivity contribution in [2.45, 2.75) is 33.1 Å². The van der Waals surface area contributed by atoms with Gasteiger partial charge in [0.05, 0.1) is 11.3 Å². The smallest absolute Gasteiger partial charge is 0.429 e. The fourth-order valence-corrected chi connectivity index (χ4v) is 2.63. The van der Waals surface area contributed by atoms with Crippen LogP contribution in [-0.2, 0) is 12.3 Å². The minimum atomic E-state index is -5.37. The van der Waals surface area contributed by atoms with Crippen LogP contribution < -0.4 is 4.74 Å². The number of ether oxygens (including phenoxy) is 1. The van der Waals surface area contributed by atoms with Gasteiger partial charge in [0, 0.05) is 23.9 Å². The largest absolute Gasteiger partial charge is 0.429 e. The lowest BCUT2D eigenvalue weighted by Crippen LogP contribution is -2.24. The van der Waals surface area contributed by atoms with Gasteiger partial charge in [0.15, 0.2) is 0 Å². The molecule has 2 aromatic carbocycles. The van der Waals surface area contributed by atoms with E-state index in [1.165, 1.54) is 6.20 Å². The van der Waals surface area contributed by atoms with E-state index in [0.29, 0.717) is 11.8 Å². The molecule has 10 heteroatoms. The van der Waals surface area contributed by atoms with Crippen molar-refractivity contribution in [1.82, 2.24) is 4.98 Å². The van der Waals surface area contributed by atoms with Gasteiger partial charge in [0.25, 0.3) is 0 Å². The third kappa shape index (κ3) is 5.54. The number of alkyl halides is 5. The molecule has 3 aromatic rings. The zero-order valence-corrected chi connectivity index (χ0v) is 17.0. The maximum atomic E-state index is 14.3. The monoisotopic (exact) mass is 463 g/mol. The maximum absolute atomic E-state index is 14.3. The van der Waals surface area contributed by atoms with Crippen molar-refractivity contribution in [2.24, 2.45) is 0 Å². The summed E-state index contributed by atoms with van der Waals surface area (Å²) < 4.78 is 112. The predicted molar refractivity (Wildman–Crippen MR) is 102 cm³/mol. The van der Waals surface area contributed by atoms with Gasteiger partial charge in [-0.25, -0.2) is 13.2 Å². The minimum Gasteiger partial charge on any atom is -0.429 e. The molecule has 0 radical (unpaired) electrons. The van der Waals surface area contributed by atoms with Gasteiger partial charge < -0.3 is 4.74 Å². The minimum absolute atomic E-state index is 0.0533. The number of aryl methyl sites for hydroxylation is 1. The molecule has 0 aliphatic carbocycles. The van der Waals surface area contributed by atoms with Gasteiger partial charge in [0.1, 0.15) is 28.8 Å². The highest BCUT2D eigenvalue weighted by Crippen LogP contribution is 2.39. The third-order valence-electron chi connectivity index (χ3n) is 4.03. The van der Waals surface area contributed by atoms with E-state index in [1.807, 2.05) is 13.8 Å². The molecular formula is C22H17F8NO. The second-order valence-electron chi connectivity index (χ2n) is 6.29. The van der Waals surface area contributed by atoms with E-state index < -0.39 is 46.6 Å². The molecule has 0 amide bonds. The van der Waals surface area contributed by atoms with Crippen molar-refractivity contribution in [3.8, 4) is 17.0 Å². The molecule has 0 atom stereocenters. The average Bonchev–Trinajstić information content (AvgIpc) is 2.67. The fourth-order valence-electron chi connectivity index (χ4n) is 2.63. The third-order valence-corrected chi connectivity index (χ3v) is 4.03. The summed E-state index contributed by atoms with van der Waals surface area (Å²) in [6.45, 7) is 5.77. The van der Waals surface area contributed by atoms with Gasteiger partial charge >= 0.3 is 12.3 Å². The SMILES string of the molecule is CC.Cc1ccc(-c2ccc(C(F)(F)Oc3cc(F)c(C(F)(F)F)c(F)c3)c(F)c2)nc1. The van der Waals surface area contributed by atoms with E-state index in [0.717, 1.165) is 17.7 Å². The topological polar surface area (TPSA) is 22.1 Å². The standard InChI is InChI=1S/C20H11F8NO.C2H6/c1-10-2-5-17(29-9-10)11-3-4-13(14(21)6-11)20(27,28)30-12-7-15(22)18(16(23)8-12)19(24,25)26;1-2/h2-9H,1H3;1-2H3. The van der Waals surface area contributed by atoms with E-state index in [9.17, 15) is 35.1 Å². The second-order valence-corrected chi connectivity index (χ2v) is 6.29. The summed E-state index contributed by atoms with van der Waals surface area (Å²) in [7, 11) is 0. The first kappa shape index (κ1) is 25.1. The molecule has 0 unspecified atom stereocenters. The molecule has 2 nitrogen and oxygen atoms in total. The highest BCUT2D eigenvalue weighted by atomic mass is 19.4. The first-order valence-electron chi connectivity index (χ1n) is 9.24. The Hall–Kier alpha value is -3.17. The first-order chi connectivity index (χ1) is 14.9. The van der Waals surface area contributed by atoms with Crippen LogP contribution in [0.2, 0.25) is 0 Å². The Labute approximate surface area is 178 Å². The maximum Gasteiger partial charge on any atom is 0.429 e. The van der Waals surface area contributed by atoms with Crippen molar-refractivity contribution < 1.29 is 39.9 Å². The number of hydrogen-bond acceptors (Lipinski definition) is 2. The van der Waals surface area contributed by atoms with Gasteiger partial charge in [-0.05, 0) is 30.7 Å². The van der Waals surface area contributed by atoms with Crippen LogP contribution in [0.5, 0.6) is 5.75 Å². The second kappa shape index (κ2) is 9.54. The van der Waals surface area contributed by atoms with Crippen LogP contribution in [0.4, 0.5) is 35.1 Å². The molecule has 1 heterocycles. The Morgan fingerprint density at radius 3 is 1.84 bits per heavy atom. The average molecular weight is 463 g/mol. The lowest BCUT2D eigenvalue weighted by atomic mass is 10.1. The van der Waals surface area contributed by atoms with Gasteiger partial charge in [-0.2, -0.15) is 22.0 Å². The van der Waals surface area contributed by atoms with Crippen LogP contribution in [0.15, 0.2) is 48.7 Å². The molecule has 0 fully saturated rings. The Kier molecular flexibility index (Phi) is 7.48. The van der Waals surface area contributed by atoms with Crippen LogP contribution >= 0.6 is 0 Å². The summed E-state index contributed by atoms with van der Waals surface area (Å²) in [6, 6.07) is 5.69. The Balaban J connectivity index is 0.00000176. The van der Waals surface area contributed by atoms with Gasteiger partial charge in [0.2, 0.25) is 0 Å². The zero-order valence-electron chi connectivity index (χ0n) is 17.0. The number of hydrogen-bond donors (Lipinski definition) is 0. The molecule has 0 saturated heterocycles. The summed E-state index contributed by atoms with van der Waals surface area (Å²) >= 11 is 0. The molecule has 0 aliphatic rings. The van der Waals surface area contributed by atoms with Crippen molar-refractivity contribution >= 4 is 0 Å². The molecule has 1 aromatic heterocycles. The summed E-state index contributed by atoms with van der Waals surface area (Å²) in [4.78, 5) is 4.04. The molecule has 0 saturated carbocycles. The Bertz CT molecular complexity index is 1060. The van der Waals surface area contributed by atoms with E-state index >= 15 is 0 Å². The Morgan fingerprint density at radius 1 is 0.781 bits per heavy atom. The van der Waals surface area contributed by atoms with Crippen LogP contribution in [-0.4, -0.2) is 4.98 Å². The summed E-state index contributed by atoms with van der Waals surface area (Å²) in [5, 5.41) is 0. The van der Waals surface area contributed by atoms with E-state index in [4.69, 9.17) is 0 Å². The number of nitrogens with zero attached hydrogens (tertiary/aromatic N) is 1. The highest BCUT2D eigenvalue weighted by molar-refractivity contribution is 5.60. The summed E-state index contributed by atoms with van der Waals surface area (Å²) in [5.41, 5.74) is -2.22. The highest BCUT2D eigenvalue weighted by Gasteiger charge is 2.41. The molecule has 172 valence electrons.